The van der Waals surface area contributed by atoms with Gasteiger partial charge < -0.3 is 30.7 Å². The summed E-state index contributed by atoms with van der Waals surface area (Å²) >= 11 is 0. The number of aliphatic hydroxyl groups excluding tert-OH is 2. The van der Waals surface area contributed by atoms with Crippen molar-refractivity contribution in [2.75, 3.05) is 0 Å². The van der Waals surface area contributed by atoms with Gasteiger partial charge in [-0.1, -0.05) is 32.9 Å². The first-order valence-corrected chi connectivity index (χ1v) is 11.3. The molecule has 6 unspecified atom stereocenters. The van der Waals surface area contributed by atoms with Crippen LogP contribution in [0, 0.1) is 5.92 Å². The number of nitrogens with one attached hydrogen (secondary N) is 3. The summed E-state index contributed by atoms with van der Waals surface area (Å²) < 4.78 is 5.53. The molecule has 0 aromatic heterocycles. The van der Waals surface area contributed by atoms with Crippen molar-refractivity contribution in [3.8, 4) is 5.75 Å². The van der Waals surface area contributed by atoms with Gasteiger partial charge in [0.15, 0.2) is 6.10 Å². The Kier molecular flexibility index (Phi) is 7.93. The van der Waals surface area contributed by atoms with Gasteiger partial charge in [0.05, 0.1) is 12.2 Å². The summed E-state index contributed by atoms with van der Waals surface area (Å²) in [6.07, 6.45) is -3.08. The number of rotatable bonds is 8. The molecule has 10 nitrogen and oxygen atoms in total. The van der Waals surface area contributed by atoms with Crippen molar-refractivity contribution in [2.45, 2.75) is 83.0 Å². The van der Waals surface area contributed by atoms with E-state index in [2.05, 4.69) is 16.0 Å². The largest absolute Gasteiger partial charge is 0.507 e. The molecule has 1 aromatic carbocycles. The second-order valence-corrected chi connectivity index (χ2v) is 9.14. The summed E-state index contributed by atoms with van der Waals surface area (Å²) in [5.41, 5.74) is 0.730. The maximum Gasteiger partial charge on any atom is 0.342 e. The molecule has 1 fully saturated rings. The molecule has 2 aliphatic rings. The highest BCUT2D eigenvalue weighted by Gasteiger charge is 2.39. The number of amides is 2. The number of hydrogen-bond acceptors (Lipinski definition) is 8. The van der Waals surface area contributed by atoms with E-state index >= 15 is 0 Å². The quantitative estimate of drug-likeness (QED) is 0.293. The normalized spacial score (nSPS) is 25.5. The van der Waals surface area contributed by atoms with Crippen molar-refractivity contribution in [1.82, 2.24) is 16.0 Å². The van der Waals surface area contributed by atoms with Crippen LogP contribution in [-0.4, -0.2) is 69.7 Å². The first-order valence-electron chi connectivity index (χ1n) is 11.3. The van der Waals surface area contributed by atoms with Crippen LogP contribution in [0.4, 0.5) is 0 Å². The number of phenolic OH excluding ortho intramolecular Hbond substituents is 1. The average Bonchev–Trinajstić information content (AvgIpc) is 2.76. The molecular weight excluding hydrogens is 430 g/mol. The lowest BCUT2D eigenvalue weighted by atomic mass is 9.90. The molecule has 33 heavy (non-hydrogen) atoms. The molecule has 2 amide bonds. The Balaban J connectivity index is 1.71. The molecule has 0 spiro atoms. The van der Waals surface area contributed by atoms with Crippen LogP contribution in [0.1, 0.15) is 56.0 Å². The van der Waals surface area contributed by atoms with Crippen LogP contribution in [0.25, 0.3) is 0 Å². The van der Waals surface area contributed by atoms with E-state index in [1.54, 1.807) is 12.1 Å². The van der Waals surface area contributed by atoms with E-state index in [1.807, 2.05) is 20.8 Å². The molecule has 0 radical (unpaired) electrons. The van der Waals surface area contributed by atoms with E-state index < -0.39 is 42.3 Å². The monoisotopic (exact) mass is 463 g/mol. The summed E-state index contributed by atoms with van der Waals surface area (Å²) in [5, 5.41) is 39.6. The molecular formula is C23H33N3O7. The molecule has 1 aromatic rings. The van der Waals surface area contributed by atoms with Crippen molar-refractivity contribution < 1.29 is 34.4 Å². The summed E-state index contributed by atoms with van der Waals surface area (Å²) in [7, 11) is 0. The second kappa shape index (κ2) is 10.5. The molecule has 182 valence electrons. The van der Waals surface area contributed by atoms with Crippen LogP contribution in [0.2, 0.25) is 0 Å². The van der Waals surface area contributed by atoms with Gasteiger partial charge in [-0.25, -0.2) is 4.79 Å². The molecule has 0 aliphatic carbocycles. The van der Waals surface area contributed by atoms with Gasteiger partial charge in [-0.15, -0.1) is 0 Å². The number of fused-ring (bicyclic) bond motifs is 1. The molecule has 0 saturated carbocycles. The van der Waals surface area contributed by atoms with E-state index in [1.165, 1.54) is 6.07 Å². The molecule has 2 aliphatic heterocycles. The van der Waals surface area contributed by atoms with Crippen molar-refractivity contribution in [2.24, 2.45) is 5.92 Å². The van der Waals surface area contributed by atoms with Crippen molar-refractivity contribution in [3.05, 3.63) is 29.3 Å². The first-order chi connectivity index (χ1) is 15.6. The zero-order chi connectivity index (χ0) is 24.3. The highest BCUT2D eigenvalue weighted by molar-refractivity contribution is 5.95. The van der Waals surface area contributed by atoms with Gasteiger partial charge in [-0.2, -0.15) is 0 Å². The van der Waals surface area contributed by atoms with Crippen molar-refractivity contribution in [1.29, 1.82) is 0 Å². The predicted molar refractivity (Wildman–Crippen MR) is 118 cm³/mol. The number of hydrogen-bond donors (Lipinski definition) is 6. The molecule has 0 bridgehead atoms. The number of esters is 1. The van der Waals surface area contributed by atoms with Crippen molar-refractivity contribution >= 4 is 17.8 Å². The van der Waals surface area contributed by atoms with Gasteiger partial charge in [-0.05, 0) is 30.4 Å². The summed E-state index contributed by atoms with van der Waals surface area (Å²) in [6.45, 7) is 5.75. The predicted octanol–water partition coefficient (Wildman–Crippen LogP) is -0.0594. The van der Waals surface area contributed by atoms with Crippen LogP contribution in [-0.2, 0) is 20.7 Å². The highest BCUT2D eigenvalue weighted by atomic mass is 16.5. The third-order valence-electron chi connectivity index (χ3n) is 6.08. The van der Waals surface area contributed by atoms with Gasteiger partial charge in [0.1, 0.15) is 23.5 Å². The van der Waals surface area contributed by atoms with Crippen LogP contribution >= 0.6 is 0 Å². The van der Waals surface area contributed by atoms with Crippen LogP contribution in [0.5, 0.6) is 5.75 Å². The molecule has 6 atom stereocenters. The Morgan fingerprint density at radius 3 is 2.64 bits per heavy atom. The summed E-state index contributed by atoms with van der Waals surface area (Å²) in [5.74, 6) is -1.78. The topological polar surface area (TPSA) is 157 Å². The van der Waals surface area contributed by atoms with Gasteiger partial charge in [0.25, 0.3) is 5.91 Å². The number of aromatic hydroxyl groups is 1. The number of carbonyl (C=O) groups excluding carboxylic acids is 3. The molecule has 1 saturated heterocycles. The lowest BCUT2D eigenvalue weighted by molar-refractivity contribution is -0.141. The number of benzene rings is 1. The summed E-state index contributed by atoms with van der Waals surface area (Å²) in [4.78, 5) is 37.2. The van der Waals surface area contributed by atoms with Crippen LogP contribution in [0.3, 0.4) is 0 Å². The number of aliphatic hydroxyl groups is 2. The maximum atomic E-state index is 12.8. The number of carbonyl (C=O) groups is 3. The van der Waals surface area contributed by atoms with Gasteiger partial charge in [0.2, 0.25) is 5.91 Å². The van der Waals surface area contributed by atoms with E-state index in [9.17, 15) is 29.7 Å². The second-order valence-electron chi connectivity index (χ2n) is 9.14. The van der Waals surface area contributed by atoms with E-state index in [0.29, 0.717) is 18.4 Å². The Labute approximate surface area is 192 Å². The average molecular weight is 464 g/mol. The fourth-order valence-electron chi connectivity index (χ4n) is 4.38. The lowest BCUT2D eigenvalue weighted by Gasteiger charge is -2.36. The van der Waals surface area contributed by atoms with Gasteiger partial charge >= 0.3 is 5.97 Å². The Morgan fingerprint density at radius 1 is 1.24 bits per heavy atom. The third kappa shape index (κ3) is 5.82. The maximum absolute atomic E-state index is 12.8. The zero-order valence-electron chi connectivity index (χ0n) is 19.1. The fourth-order valence-corrected chi connectivity index (χ4v) is 4.38. The minimum atomic E-state index is -1.78. The Bertz CT molecular complexity index is 891. The fraction of sp³-hybridized carbons (Fsp3) is 0.609. The van der Waals surface area contributed by atoms with Gasteiger partial charge in [0, 0.05) is 18.9 Å². The lowest BCUT2D eigenvalue weighted by Crippen LogP contribution is -2.63. The number of phenols is 1. The minimum absolute atomic E-state index is 0.0715. The Morgan fingerprint density at radius 2 is 1.97 bits per heavy atom. The first kappa shape index (κ1) is 24.9. The molecule has 3 rings (SSSR count). The third-order valence-corrected chi connectivity index (χ3v) is 6.08. The van der Waals surface area contributed by atoms with Crippen LogP contribution < -0.4 is 16.0 Å². The van der Waals surface area contributed by atoms with Gasteiger partial charge in [-0.3, -0.25) is 14.9 Å². The SMILES string of the molecule is CCC1NC(=O)CC(C(O)C(O)C(=O)NC(CC(C)C)C2Cc3cccc(O)c3C(=O)O2)N1. The number of cyclic esters (lactones) is 1. The minimum Gasteiger partial charge on any atom is -0.507 e. The van der Waals surface area contributed by atoms with E-state index in [-0.39, 0.29) is 42.1 Å². The van der Waals surface area contributed by atoms with Crippen molar-refractivity contribution in [3.63, 3.8) is 0 Å². The molecule has 2 heterocycles. The Hall–Kier alpha value is -2.69. The molecule has 10 heteroatoms. The molecule has 6 N–H and O–H groups in total. The zero-order valence-corrected chi connectivity index (χ0v) is 19.1. The van der Waals surface area contributed by atoms with Crippen LogP contribution in [0.15, 0.2) is 18.2 Å². The highest BCUT2D eigenvalue weighted by Crippen LogP contribution is 2.30. The van der Waals surface area contributed by atoms with E-state index in [4.69, 9.17) is 4.74 Å². The smallest absolute Gasteiger partial charge is 0.342 e. The standard InChI is InChI=1S/C23H33N3O7/c1-4-17-24-14(10-18(28)26-17)20(29)21(30)22(31)25-13(8-11(2)3)16-9-12-6-5-7-15(27)19(12)23(32)33-16/h5-7,11,13-14,16-17,20-21,24,27,29-30H,4,8-10H2,1-3H3,(H,25,31)(H,26,28). The number of ether oxygens (including phenoxy) is 1. The summed E-state index contributed by atoms with van der Waals surface area (Å²) in [6, 6.07) is 3.37. The van der Waals surface area contributed by atoms with E-state index in [0.717, 1.165) is 0 Å².